The summed E-state index contributed by atoms with van der Waals surface area (Å²) in [5.41, 5.74) is -0.419. The van der Waals surface area contributed by atoms with Gasteiger partial charge in [0.2, 0.25) is 5.91 Å². The largest absolute Gasteiger partial charge is 0.329 e. The SMILES string of the molecule is CC1CSC(N2CC3(C2)C(=O)N(C(C)C)CC(=O)N3CC2CCC(Cl)CC2)N1. The summed E-state index contributed by atoms with van der Waals surface area (Å²) < 4.78 is 0. The van der Waals surface area contributed by atoms with Gasteiger partial charge in [-0.25, -0.2) is 0 Å². The zero-order valence-electron chi connectivity index (χ0n) is 17.2. The Labute approximate surface area is 177 Å². The smallest absolute Gasteiger partial charge is 0.251 e. The van der Waals surface area contributed by atoms with Crippen molar-refractivity contribution in [2.45, 2.75) is 75.0 Å². The van der Waals surface area contributed by atoms with Crippen LogP contribution in [0.2, 0.25) is 0 Å². The van der Waals surface area contributed by atoms with Crippen molar-refractivity contribution in [2.24, 2.45) is 5.92 Å². The number of hydrogen-bond acceptors (Lipinski definition) is 5. The normalized spacial score (nSPS) is 36.5. The number of hydrogen-bond donors (Lipinski definition) is 1. The minimum absolute atomic E-state index is 0.0511. The van der Waals surface area contributed by atoms with Gasteiger partial charge in [0.15, 0.2) is 0 Å². The fourth-order valence-electron chi connectivity index (χ4n) is 5.06. The van der Waals surface area contributed by atoms with Crippen molar-refractivity contribution in [1.29, 1.82) is 0 Å². The molecule has 1 spiro atoms. The fraction of sp³-hybridized carbons (Fsp3) is 0.900. The molecular weight excluding hydrogens is 396 g/mol. The maximum atomic E-state index is 13.5. The van der Waals surface area contributed by atoms with E-state index in [4.69, 9.17) is 11.6 Å². The third kappa shape index (κ3) is 3.68. The fourth-order valence-corrected chi connectivity index (χ4v) is 6.57. The van der Waals surface area contributed by atoms with Crippen molar-refractivity contribution >= 4 is 35.2 Å². The molecule has 1 aliphatic carbocycles. The first kappa shape index (κ1) is 20.8. The van der Waals surface area contributed by atoms with Gasteiger partial charge in [-0.15, -0.1) is 23.4 Å². The number of thioether (sulfide) groups is 1. The number of piperazine rings is 1. The third-order valence-electron chi connectivity index (χ3n) is 6.81. The Morgan fingerprint density at radius 3 is 2.46 bits per heavy atom. The Balaban J connectivity index is 1.51. The summed E-state index contributed by atoms with van der Waals surface area (Å²) in [4.78, 5) is 32.7. The number of halogens is 1. The van der Waals surface area contributed by atoms with Crippen LogP contribution in [0, 0.1) is 5.92 Å². The van der Waals surface area contributed by atoms with Crippen LogP contribution in [0.25, 0.3) is 0 Å². The van der Waals surface area contributed by atoms with E-state index >= 15 is 0 Å². The second-order valence-corrected chi connectivity index (χ2v) is 11.1. The first-order valence-electron chi connectivity index (χ1n) is 10.7. The number of nitrogens with zero attached hydrogens (tertiary/aromatic N) is 3. The van der Waals surface area contributed by atoms with Crippen LogP contribution in [0.4, 0.5) is 0 Å². The molecule has 3 saturated heterocycles. The predicted molar refractivity (Wildman–Crippen MR) is 113 cm³/mol. The van der Waals surface area contributed by atoms with Crippen LogP contribution in [0.5, 0.6) is 0 Å². The zero-order valence-corrected chi connectivity index (χ0v) is 18.8. The highest BCUT2D eigenvalue weighted by Crippen LogP contribution is 2.40. The van der Waals surface area contributed by atoms with E-state index in [2.05, 4.69) is 17.1 Å². The molecule has 0 aromatic rings. The van der Waals surface area contributed by atoms with Gasteiger partial charge in [0, 0.05) is 42.8 Å². The molecule has 28 heavy (non-hydrogen) atoms. The van der Waals surface area contributed by atoms with Crippen molar-refractivity contribution in [3.63, 3.8) is 0 Å². The van der Waals surface area contributed by atoms with E-state index in [0.29, 0.717) is 31.6 Å². The number of carbonyl (C=O) groups is 2. The monoisotopic (exact) mass is 428 g/mol. The molecule has 2 atom stereocenters. The standard InChI is InChI=1S/C20H33ClN4O2S/c1-13(2)24-9-17(26)25(8-15-4-6-16(21)7-5-15)20(18(24)27)11-23(12-20)19-22-14(3)10-28-19/h13-16,19,22H,4-12H2,1-3H3. The first-order chi connectivity index (χ1) is 13.3. The lowest BCUT2D eigenvalue weighted by Gasteiger charge is -2.60. The minimum Gasteiger partial charge on any atom is -0.329 e. The molecule has 1 saturated carbocycles. The summed E-state index contributed by atoms with van der Waals surface area (Å²) in [6.45, 7) is 8.40. The number of rotatable bonds is 4. The van der Waals surface area contributed by atoms with Gasteiger partial charge in [0.1, 0.15) is 17.6 Å². The van der Waals surface area contributed by atoms with Gasteiger partial charge in [-0.1, -0.05) is 0 Å². The maximum absolute atomic E-state index is 13.5. The van der Waals surface area contributed by atoms with E-state index in [1.807, 2.05) is 30.5 Å². The number of nitrogens with one attached hydrogen (secondary N) is 1. The summed E-state index contributed by atoms with van der Waals surface area (Å²) >= 11 is 8.17. The molecule has 3 aliphatic heterocycles. The minimum atomic E-state index is -0.675. The Morgan fingerprint density at radius 1 is 1.21 bits per heavy atom. The van der Waals surface area contributed by atoms with Crippen LogP contribution in [-0.2, 0) is 9.59 Å². The second-order valence-electron chi connectivity index (χ2n) is 9.34. The summed E-state index contributed by atoms with van der Waals surface area (Å²) in [5.74, 6) is 1.80. The van der Waals surface area contributed by atoms with Crippen molar-refractivity contribution < 1.29 is 9.59 Å². The number of carbonyl (C=O) groups excluding carboxylic acids is 2. The van der Waals surface area contributed by atoms with Crippen LogP contribution < -0.4 is 5.32 Å². The first-order valence-corrected chi connectivity index (χ1v) is 12.2. The van der Waals surface area contributed by atoms with Crippen LogP contribution >= 0.6 is 23.4 Å². The van der Waals surface area contributed by atoms with Crippen molar-refractivity contribution in [1.82, 2.24) is 20.0 Å². The molecule has 0 radical (unpaired) electrons. The quantitative estimate of drug-likeness (QED) is 0.693. The van der Waals surface area contributed by atoms with Gasteiger partial charge in [0.25, 0.3) is 5.91 Å². The summed E-state index contributed by atoms with van der Waals surface area (Å²) in [7, 11) is 0. The molecule has 4 rings (SSSR count). The Kier molecular flexibility index (Phi) is 5.91. The van der Waals surface area contributed by atoms with Crippen LogP contribution in [0.1, 0.15) is 46.5 Å². The molecule has 2 amide bonds. The van der Waals surface area contributed by atoms with Crippen LogP contribution in [0.15, 0.2) is 0 Å². The highest BCUT2D eigenvalue weighted by molar-refractivity contribution is 8.00. The molecule has 6 nitrogen and oxygen atoms in total. The van der Waals surface area contributed by atoms with Gasteiger partial charge in [-0.2, -0.15) is 0 Å². The van der Waals surface area contributed by atoms with Crippen LogP contribution in [-0.4, -0.2) is 86.9 Å². The van der Waals surface area contributed by atoms with Crippen molar-refractivity contribution in [2.75, 3.05) is 31.9 Å². The average Bonchev–Trinajstić information content (AvgIpc) is 3.04. The molecule has 4 aliphatic rings. The number of likely N-dealkylation sites (tertiary alicyclic amines) is 1. The molecular formula is C20H33ClN4O2S. The van der Waals surface area contributed by atoms with Crippen molar-refractivity contribution in [3.05, 3.63) is 0 Å². The van der Waals surface area contributed by atoms with Gasteiger partial charge < -0.3 is 9.80 Å². The predicted octanol–water partition coefficient (Wildman–Crippen LogP) is 1.93. The molecule has 1 N–H and O–H groups in total. The molecule has 158 valence electrons. The van der Waals surface area contributed by atoms with E-state index in [0.717, 1.165) is 31.4 Å². The molecule has 0 aromatic carbocycles. The molecule has 0 aromatic heterocycles. The van der Waals surface area contributed by atoms with E-state index in [-0.39, 0.29) is 35.3 Å². The Bertz CT molecular complexity index is 619. The number of amides is 2. The molecule has 0 bridgehead atoms. The topological polar surface area (TPSA) is 55.9 Å². The molecule has 2 unspecified atom stereocenters. The van der Waals surface area contributed by atoms with Gasteiger partial charge in [0.05, 0.1) is 0 Å². The van der Waals surface area contributed by atoms with E-state index in [9.17, 15) is 9.59 Å². The maximum Gasteiger partial charge on any atom is 0.251 e. The van der Waals surface area contributed by atoms with Gasteiger partial charge in [-0.05, 0) is 52.4 Å². The lowest BCUT2D eigenvalue weighted by atomic mass is 9.81. The lowest BCUT2D eigenvalue weighted by molar-refractivity contribution is -0.182. The summed E-state index contributed by atoms with van der Waals surface area (Å²) in [5, 5.41) is 3.86. The summed E-state index contributed by atoms with van der Waals surface area (Å²) in [6.07, 6.45) is 4.13. The molecule has 8 heteroatoms. The van der Waals surface area contributed by atoms with E-state index in [1.54, 1.807) is 4.90 Å². The molecule has 3 heterocycles. The lowest BCUT2D eigenvalue weighted by Crippen LogP contribution is -2.82. The summed E-state index contributed by atoms with van der Waals surface area (Å²) in [6, 6.07) is 0.541. The highest BCUT2D eigenvalue weighted by Gasteiger charge is 2.61. The molecule has 4 fully saturated rings. The third-order valence-corrected chi connectivity index (χ3v) is 8.69. The van der Waals surface area contributed by atoms with Gasteiger partial charge >= 0.3 is 0 Å². The van der Waals surface area contributed by atoms with E-state index in [1.165, 1.54) is 0 Å². The second kappa shape index (κ2) is 7.97. The van der Waals surface area contributed by atoms with Gasteiger partial charge in [-0.3, -0.25) is 19.8 Å². The Hall–Kier alpha value is -0.500. The number of alkyl halides is 1. The van der Waals surface area contributed by atoms with Crippen LogP contribution in [0.3, 0.4) is 0 Å². The zero-order chi connectivity index (χ0) is 20.1. The average molecular weight is 429 g/mol. The van der Waals surface area contributed by atoms with Crippen molar-refractivity contribution in [3.8, 4) is 0 Å². The van der Waals surface area contributed by atoms with E-state index < -0.39 is 5.54 Å². The Morgan fingerprint density at radius 2 is 1.89 bits per heavy atom. The highest BCUT2D eigenvalue weighted by atomic mass is 35.5.